The van der Waals surface area contributed by atoms with Crippen LogP contribution in [0, 0.1) is 11.7 Å². The smallest absolute Gasteiger partial charge is 0.178 e. The van der Waals surface area contributed by atoms with Crippen LogP contribution in [0.25, 0.3) is 11.0 Å². The molecule has 2 heterocycles. The summed E-state index contributed by atoms with van der Waals surface area (Å²) in [4.78, 5) is 7.76. The molecule has 4 nitrogen and oxygen atoms in total. The van der Waals surface area contributed by atoms with E-state index in [1.807, 2.05) is 26.0 Å². The van der Waals surface area contributed by atoms with Crippen LogP contribution in [-0.2, 0) is 13.0 Å². The molecule has 0 aliphatic carbocycles. The summed E-state index contributed by atoms with van der Waals surface area (Å²) >= 11 is 7.14. The second-order valence-corrected chi connectivity index (χ2v) is 6.22. The monoisotopic (exact) mass is 319 g/mol. The van der Waals surface area contributed by atoms with Crippen molar-refractivity contribution in [1.82, 2.24) is 14.5 Å². The van der Waals surface area contributed by atoms with Crippen LogP contribution >= 0.6 is 23.6 Å². The maximum atomic E-state index is 5.65. The lowest BCUT2D eigenvalue weighted by Gasteiger charge is -2.06. The molecule has 1 N–H and O–H groups in total. The van der Waals surface area contributed by atoms with Gasteiger partial charge in [0.1, 0.15) is 11.3 Å². The van der Waals surface area contributed by atoms with E-state index < -0.39 is 0 Å². The number of H-pyrrole nitrogens is 1. The molecule has 0 aliphatic rings. The Morgan fingerprint density at radius 3 is 3.00 bits per heavy atom. The lowest BCUT2D eigenvalue weighted by molar-refractivity contribution is 0.343. The third-order valence-electron chi connectivity index (χ3n) is 3.33. The molecule has 0 spiro atoms. The summed E-state index contributed by atoms with van der Waals surface area (Å²) in [6, 6.07) is 6.03. The standard InChI is InChI=1S/C15H17N3OS2/c1-3-19-13-6-4-5-12-14(13)17-15(20)18(12)8-7-11-9-21-10(2)16-11/h4-6,9H,3,7-8H2,1-2H3,(H,17,20). The van der Waals surface area contributed by atoms with E-state index in [1.54, 1.807) is 11.3 Å². The number of aromatic amines is 1. The van der Waals surface area contributed by atoms with Gasteiger partial charge in [0.05, 0.1) is 22.8 Å². The number of rotatable bonds is 5. The third kappa shape index (κ3) is 2.87. The van der Waals surface area contributed by atoms with Gasteiger partial charge in [-0.05, 0) is 38.2 Å². The van der Waals surface area contributed by atoms with Gasteiger partial charge in [-0.1, -0.05) is 6.07 Å². The zero-order chi connectivity index (χ0) is 14.8. The van der Waals surface area contributed by atoms with Crippen molar-refractivity contribution in [2.24, 2.45) is 0 Å². The highest BCUT2D eigenvalue weighted by Gasteiger charge is 2.09. The summed E-state index contributed by atoms with van der Waals surface area (Å²) in [6.45, 7) is 5.47. The van der Waals surface area contributed by atoms with E-state index in [4.69, 9.17) is 17.0 Å². The maximum absolute atomic E-state index is 5.65. The van der Waals surface area contributed by atoms with Crippen LogP contribution in [0.5, 0.6) is 5.75 Å². The van der Waals surface area contributed by atoms with Gasteiger partial charge in [0.25, 0.3) is 0 Å². The first-order valence-corrected chi connectivity index (χ1v) is 8.23. The Kier molecular flexibility index (Phi) is 4.07. The van der Waals surface area contributed by atoms with E-state index in [-0.39, 0.29) is 0 Å². The Morgan fingerprint density at radius 2 is 2.29 bits per heavy atom. The van der Waals surface area contributed by atoms with Crippen LogP contribution in [0.3, 0.4) is 0 Å². The fourth-order valence-corrected chi connectivity index (χ4v) is 3.34. The summed E-state index contributed by atoms with van der Waals surface area (Å²) in [5, 5.41) is 3.21. The maximum Gasteiger partial charge on any atom is 0.178 e. The summed E-state index contributed by atoms with van der Waals surface area (Å²) in [7, 11) is 0. The van der Waals surface area contributed by atoms with Crippen LogP contribution in [-0.4, -0.2) is 21.1 Å². The van der Waals surface area contributed by atoms with Crippen molar-refractivity contribution in [3.8, 4) is 5.75 Å². The number of hydrogen-bond acceptors (Lipinski definition) is 4. The van der Waals surface area contributed by atoms with Gasteiger partial charge in [0.2, 0.25) is 0 Å². The minimum atomic E-state index is 0.642. The number of thiazole rings is 1. The molecule has 3 rings (SSSR count). The minimum Gasteiger partial charge on any atom is -0.492 e. The molecule has 3 aromatic rings. The van der Waals surface area contributed by atoms with E-state index in [0.29, 0.717) is 6.61 Å². The molecule has 6 heteroatoms. The number of hydrogen-bond donors (Lipinski definition) is 1. The molecule has 0 saturated carbocycles. The summed E-state index contributed by atoms with van der Waals surface area (Å²) in [6.07, 6.45) is 0.879. The highest BCUT2D eigenvalue weighted by Crippen LogP contribution is 2.25. The van der Waals surface area contributed by atoms with Gasteiger partial charge in [-0.25, -0.2) is 4.98 Å². The summed E-state index contributed by atoms with van der Waals surface area (Å²) in [5.41, 5.74) is 3.17. The van der Waals surface area contributed by atoms with Crippen molar-refractivity contribution < 1.29 is 4.74 Å². The number of aryl methyl sites for hydroxylation is 3. The van der Waals surface area contributed by atoms with Crippen LogP contribution in [0.1, 0.15) is 17.6 Å². The molecule has 110 valence electrons. The molecule has 0 radical (unpaired) electrons. The van der Waals surface area contributed by atoms with E-state index >= 15 is 0 Å². The largest absolute Gasteiger partial charge is 0.492 e. The highest BCUT2D eigenvalue weighted by molar-refractivity contribution is 7.71. The second kappa shape index (κ2) is 5.99. The van der Waals surface area contributed by atoms with E-state index in [9.17, 15) is 0 Å². The van der Waals surface area contributed by atoms with Crippen molar-refractivity contribution >= 4 is 34.6 Å². The predicted molar refractivity (Wildman–Crippen MR) is 88.8 cm³/mol. The minimum absolute atomic E-state index is 0.642. The van der Waals surface area contributed by atoms with Crippen molar-refractivity contribution in [2.45, 2.75) is 26.8 Å². The molecule has 0 unspecified atom stereocenters. The second-order valence-electron chi connectivity index (χ2n) is 4.77. The van der Waals surface area contributed by atoms with Crippen LogP contribution < -0.4 is 4.74 Å². The van der Waals surface area contributed by atoms with Crippen molar-refractivity contribution in [3.05, 3.63) is 39.1 Å². The SMILES string of the molecule is CCOc1cccc2c1[nH]c(=S)n2CCc1csc(C)n1. The van der Waals surface area contributed by atoms with E-state index in [2.05, 4.69) is 26.0 Å². The molecule has 0 bridgehead atoms. The Bertz CT molecular complexity index is 816. The number of nitrogens with zero attached hydrogens (tertiary/aromatic N) is 2. The predicted octanol–water partition coefficient (Wildman–Crippen LogP) is 4.11. The lowest BCUT2D eigenvalue weighted by Crippen LogP contribution is -2.01. The Hall–Kier alpha value is -1.66. The number of ether oxygens (including phenoxy) is 1. The molecule has 1 aromatic carbocycles. The highest BCUT2D eigenvalue weighted by atomic mass is 32.1. The first-order chi connectivity index (χ1) is 10.2. The average Bonchev–Trinajstić information content (AvgIpc) is 3.01. The number of para-hydroxylation sites is 1. The third-order valence-corrected chi connectivity index (χ3v) is 4.47. The summed E-state index contributed by atoms with van der Waals surface area (Å²) in [5.74, 6) is 0.851. The molecule has 0 fully saturated rings. The molecule has 0 aliphatic heterocycles. The Labute approximate surface area is 132 Å². The van der Waals surface area contributed by atoms with E-state index in [0.717, 1.165) is 45.2 Å². The van der Waals surface area contributed by atoms with E-state index in [1.165, 1.54) is 0 Å². The lowest BCUT2D eigenvalue weighted by atomic mass is 10.2. The molecule has 2 aromatic heterocycles. The first kappa shape index (κ1) is 14.3. The zero-order valence-corrected chi connectivity index (χ0v) is 13.7. The number of fused-ring (bicyclic) bond motifs is 1. The van der Waals surface area contributed by atoms with Crippen molar-refractivity contribution in [2.75, 3.05) is 6.61 Å². The Balaban J connectivity index is 1.93. The van der Waals surface area contributed by atoms with Gasteiger partial charge >= 0.3 is 0 Å². The van der Waals surface area contributed by atoms with Gasteiger partial charge in [-0.15, -0.1) is 11.3 Å². The Morgan fingerprint density at radius 1 is 1.43 bits per heavy atom. The van der Waals surface area contributed by atoms with Gasteiger partial charge in [0.15, 0.2) is 4.77 Å². The summed E-state index contributed by atoms with van der Waals surface area (Å²) < 4.78 is 8.49. The normalized spacial score (nSPS) is 11.1. The molecule has 0 atom stereocenters. The van der Waals surface area contributed by atoms with Gasteiger partial charge in [-0.2, -0.15) is 0 Å². The number of benzene rings is 1. The molecule has 0 amide bonds. The van der Waals surface area contributed by atoms with Crippen LogP contribution in [0.2, 0.25) is 0 Å². The number of imidazole rings is 1. The molecule has 0 saturated heterocycles. The van der Waals surface area contributed by atoms with Gasteiger partial charge < -0.3 is 14.3 Å². The fourth-order valence-electron chi connectivity index (χ4n) is 2.40. The van der Waals surface area contributed by atoms with Crippen LogP contribution in [0.15, 0.2) is 23.6 Å². The van der Waals surface area contributed by atoms with Crippen molar-refractivity contribution in [1.29, 1.82) is 0 Å². The molecular formula is C15H17N3OS2. The molecular weight excluding hydrogens is 302 g/mol. The van der Waals surface area contributed by atoms with Crippen LogP contribution in [0.4, 0.5) is 0 Å². The first-order valence-electron chi connectivity index (χ1n) is 6.94. The topological polar surface area (TPSA) is 42.8 Å². The van der Waals surface area contributed by atoms with Gasteiger partial charge in [-0.3, -0.25) is 0 Å². The van der Waals surface area contributed by atoms with Gasteiger partial charge in [0, 0.05) is 18.3 Å². The fraction of sp³-hybridized carbons (Fsp3) is 0.333. The molecule has 21 heavy (non-hydrogen) atoms. The zero-order valence-electron chi connectivity index (χ0n) is 12.0. The average molecular weight is 319 g/mol. The number of nitrogens with one attached hydrogen (secondary N) is 1. The van der Waals surface area contributed by atoms with Crippen molar-refractivity contribution in [3.63, 3.8) is 0 Å². The number of aromatic nitrogens is 3. The quantitative estimate of drug-likeness (QED) is 0.720.